The molecule has 0 bridgehead atoms. The Morgan fingerprint density at radius 1 is 0.926 bits per heavy atom. The van der Waals surface area contributed by atoms with E-state index < -0.39 is 6.04 Å². The highest BCUT2D eigenvalue weighted by Gasteiger charge is 2.33. The van der Waals surface area contributed by atoms with E-state index in [9.17, 15) is 9.18 Å². The van der Waals surface area contributed by atoms with Gasteiger partial charge in [-0.15, -0.1) is 0 Å². The van der Waals surface area contributed by atoms with E-state index in [1.165, 1.54) is 6.07 Å². The topological polar surface area (TPSA) is 20.3 Å². The molecule has 0 radical (unpaired) electrons. The number of fused-ring (bicyclic) bond motifs is 1. The summed E-state index contributed by atoms with van der Waals surface area (Å²) in [6, 6.07) is 18.8. The molecule has 1 atom stereocenters. The number of amides is 1. The zero-order valence-electron chi connectivity index (χ0n) is 14.3. The van der Waals surface area contributed by atoms with Crippen molar-refractivity contribution in [2.45, 2.75) is 12.5 Å². The van der Waals surface area contributed by atoms with Crippen LogP contribution in [0.3, 0.4) is 0 Å². The van der Waals surface area contributed by atoms with Crippen molar-refractivity contribution in [1.29, 1.82) is 0 Å². The van der Waals surface area contributed by atoms with Crippen molar-refractivity contribution < 1.29 is 9.18 Å². The lowest BCUT2D eigenvalue weighted by molar-refractivity contribution is 0.0692. The van der Waals surface area contributed by atoms with Gasteiger partial charge >= 0.3 is 0 Å². The molecule has 1 aliphatic rings. The molecule has 1 aliphatic heterocycles. The van der Waals surface area contributed by atoms with Gasteiger partial charge in [0.25, 0.3) is 5.91 Å². The van der Waals surface area contributed by atoms with E-state index in [0.717, 1.165) is 11.1 Å². The Hall–Kier alpha value is -2.36. The van der Waals surface area contributed by atoms with Crippen molar-refractivity contribution >= 4 is 29.1 Å². The zero-order valence-corrected chi connectivity index (χ0v) is 15.8. The second-order valence-corrected chi connectivity index (χ2v) is 7.31. The molecule has 136 valence electrons. The van der Waals surface area contributed by atoms with Gasteiger partial charge in [-0.05, 0) is 41.8 Å². The summed E-state index contributed by atoms with van der Waals surface area (Å²) >= 11 is 12.1. The number of halogens is 3. The van der Waals surface area contributed by atoms with Crippen molar-refractivity contribution in [3.8, 4) is 0 Å². The normalized spacial score (nSPS) is 16.1. The minimum atomic E-state index is -0.488. The van der Waals surface area contributed by atoms with Crippen molar-refractivity contribution in [3.63, 3.8) is 0 Å². The highest BCUT2D eigenvalue weighted by atomic mass is 35.5. The van der Waals surface area contributed by atoms with Crippen LogP contribution >= 0.6 is 23.2 Å². The van der Waals surface area contributed by atoms with Crippen LogP contribution in [0.25, 0.3) is 0 Å². The smallest absolute Gasteiger partial charge is 0.254 e. The Kier molecular flexibility index (Phi) is 4.90. The van der Waals surface area contributed by atoms with Crippen LogP contribution < -0.4 is 0 Å². The summed E-state index contributed by atoms with van der Waals surface area (Å²) in [7, 11) is 0. The maximum absolute atomic E-state index is 14.6. The fourth-order valence-corrected chi connectivity index (χ4v) is 3.91. The molecule has 3 aromatic carbocycles. The average molecular weight is 400 g/mol. The van der Waals surface area contributed by atoms with Gasteiger partial charge in [0.05, 0.1) is 16.1 Å². The van der Waals surface area contributed by atoms with Crippen LogP contribution in [0.5, 0.6) is 0 Å². The maximum Gasteiger partial charge on any atom is 0.254 e. The summed E-state index contributed by atoms with van der Waals surface area (Å²) in [6.07, 6.45) is 0.716. The number of hydrogen-bond donors (Lipinski definition) is 0. The van der Waals surface area contributed by atoms with Gasteiger partial charge in [-0.1, -0.05) is 65.7 Å². The van der Waals surface area contributed by atoms with Gasteiger partial charge in [0.15, 0.2) is 0 Å². The summed E-state index contributed by atoms with van der Waals surface area (Å²) in [5, 5.41) is 0.713. The summed E-state index contributed by atoms with van der Waals surface area (Å²) in [5.74, 6) is -0.525. The van der Waals surface area contributed by atoms with Crippen LogP contribution in [0.15, 0.2) is 66.7 Å². The van der Waals surface area contributed by atoms with E-state index in [1.54, 1.807) is 41.3 Å². The van der Waals surface area contributed by atoms with Gasteiger partial charge in [0, 0.05) is 17.7 Å². The van der Waals surface area contributed by atoms with Gasteiger partial charge in [0.1, 0.15) is 5.82 Å². The van der Waals surface area contributed by atoms with Crippen molar-refractivity contribution in [2.75, 3.05) is 6.54 Å². The van der Waals surface area contributed by atoms with Crippen LogP contribution in [0.2, 0.25) is 10.0 Å². The molecule has 0 aliphatic carbocycles. The van der Waals surface area contributed by atoms with Crippen LogP contribution in [-0.4, -0.2) is 17.4 Å². The number of nitrogens with zero attached hydrogens (tertiary/aromatic N) is 1. The summed E-state index contributed by atoms with van der Waals surface area (Å²) in [6.45, 7) is 0.495. The van der Waals surface area contributed by atoms with Gasteiger partial charge < -0.3 is 4.90 Å². The van der Waals surface area contributed by atoms with Crippen molar-refractivity contribution in [3.05, 3.63) is 105 Å². The minimum Gasteiger partial charge on any atom is -0.327 e. The van der Waals surface area contributed by atoms with E-state index in [-0.39, 0.29) is 11.7 Å². The number of hydrogen-bond acceptors (Lipinski definition) is 1. The lowest BCUT2D eigenvalue weighted by atomic mass is 9.87. The molecule has 2 nitrogen and oxygen atoms in total. The SMILES string of the molecule is O=C(c1ccc(Cl)c(Cl)c1)N1CCc2ccccc2[C@H]1c1ccccc1F. The monoisotopic (exact) mass is 399 g/mol. The van der Waals surface area contributed by atoms with Crippen molar-refractivity contribution in [1.82, 2.24) is 4.90 Å². The van der Waals surface area contributed by atoms with Crippen molar-refractivity contribution in [2.24, 2.45) is 0 Å². The fraction of sp³-hybridized carbons (Fsp3) is 0.136. The third-order valence-electron chi connectivity index (χ3n) is 4.91. The number of carbonyl (C=O) groups is 1. The quantitative estimate of drug-likeness (QED) is 0.523. The molecular formula is C22H16Cl2FNO. The number of carbonyl (C=O) groups excluding carboxylic acids is 1. The average Bonchev–Trinajstić information content (AvgIpc) is 2.69. The maximum atomic E-state index is 14.6. The molecule has 0 unspecified atom stereocenters. The first-order chi connectivity index (χ1) is 13.1. The Labute approximate surface area is 167 Å². The van der Waals surface area contributed by atoms with E-state index in [0.29, 0.717) is 34.1 Å². The van der Waals surface area contributed by atoms with E-state index in [1.807, 2.05) is 24.3 Å². The van der Waals surface area contributed by atoms with Gasteiger partial charge in [0.2, 0.25) is 0 Å². The molecule has 4 rings (SSSR count). The minimum absolute atomic E-state index is 0.198. The van der Waals surface area contributed by atoms with Gasteiger partial charge in [-0.25, -0.2) is 4.39 Å². The Bertz CT molecular complexity index is 1020. The van der Waals surface area contributed by atoms with E-state index in [4.69, 9.17) is 23.2 Å². The predicted molar refractivity (Wildman–Crippen MR) is 106 cm³/mol. The molecular weight excluding hydrogens is 384 g/mol. The standard InChI is InChI=1S/C22H16Cl2FNO/c23-18-10-9-15(13-19(18)24)22(27)26-12-11-14-5-1-2-6-16(14)21(26)17-7-3-4-8-20(17)25/h1-10,13,21H,11-12H2/t21-/m0/s1. The third kappa shape index (κ3) is 3.33. The molecule has 1 amide bonds. The second kappa shape index (κ2) is 7.34. The van der Waals surface area contributed by atoms with E-state index in [2.05, 4.69) is 0 Å². The van der Waals surface area contributed by atoms with Crippen LogP contribution in [0, 0.1) is 5.82 Å². The zero-order chi connectivity index (χ0) is 19.0. The molecule has 0 N–H and O–H groups in total. The second-order valence-electron chi connectivity index (χ2n) is 6.50. The lowest BCUT2D eigenvalue weighted by Crippen LogP contribution is -2.41. The predicted octanol–water partition coefficient (Wildman–Crippen LogP) is 5.92. The lowest BCUT2D eigenvalue weighted by Gasteiger charge is -2.38. The summed E-state index contributed by atoms with van der Waals surface area (Å²) in [4.78, 5) is 15.0. The summed E-state index contributed by atoms with van der Waals surface area (Å²) in [5.41, 5.74) is 2.99. The highest BCUT2D eigenvalue weighted by Crippen LogP contribution is 2.37. The Balaban J connectivity index is 1.82. The fourth-order valence-electron chi connectivity index (χ4n) is 3.61. The first-order valence-electron chi connectivity index (χ1n) is 8.64. The van der Waals surface area contributed by atoms with E-state index >= 15 is 0 Å². The third-order valence-corrected chi connectivity index (χ3v) is 5.65. The molecule has 0 aromatic heterocycles. The number of benzene rings is 3. The van der Waals surface area contributed by atoms with Crippen LogP contribution in [-0.2, 0) is 6.42 Å². The first-order valence-corrected chi connectivity index (χ1v) is 9.40. The van der Waals surface area contributed by atoms with Crippen LogP contribution in [0.1, 0.15) is 33.1 Å². The molecule has 5 heteroatoms. The Morgan fingerprint density at radius 2 is 1.63 bits per heavy atom. The largest absolute Gasteiger partial charge is 0.327 e. The molecule has 0 spiro atoms. The molecule has 3 aromatic rings. The van der Waals surface area contributed by atoms with Gasteiger partial charge in [-0.3, -0.25) is 4.79 Å². The molecule has 0 saturated carbocycles. The molecule has 1 heterocycles. The molecule has 0 saturated heterocycles. The molecule has 0 fully saturated rings. The Morgan fingerprint density at radius 3 is 2.37 bits per heavy atom. The highest BCUT2D eigenvalue weighted by molar-refractivity contribution is 6.42. The summed E-state index contributed by atoms with van der Waals surface area (Å²) < 4.78 is 14.6. The molecule has 27 heavy (non-hydrogen) atoms. The number of rotatable bonds is 2. The first kappa shape index (κ1) is 18.0. The van der Waals surface area contributed by atoms with Gasteiger partial charge in [-0.2, -0.15) is 0 Å². The van der Waals surface area contributed by atoms with Crippen LogP contribution in [0.4, 0.5) is 4.39 Å².